The van der Waals surface area contributed by atoms with Crippen molar-refractivity contribution in [1.82, 2.24) is 9.38 Å². The van der Waals surface area contributed by atoms with Gasteiger partial charge in [-0.3, -0.25) is 9.20 Å². The van der Waals surface area contributed by atoms with E-state index in [9.17, 15) is 4.79 Å². The monoisotopic (exact) mass is 368 g/mol. The molecule has 0 amide bonds. The summed E-state index contributed by atoms with van der Waals surface area (Å²) in [5.41, 5.74) is 3.07. The van der Waals surface area contributed by atoms with E-state index < -0.39 is 0 Å². The van der Waals surface area contributed by atoms with Gasteiger partial charge in [-0.15, -0.1) is 11.3 Å². The fourth-order valence-electron chi connectivity index (χ4n) is 4.34. The molecular formula is C23H16N2OS. The van der Waals surface area contributed by atoms with E-state index in [4.69, 9.17) is 0 Å². The summed E-state index contributed by atoms with van der Waals surface area (Å²) < 4.78 is 2.21. The molecule has 1 aliphatic rings. The van der Waals surface area contributed by atoms with Gasteiger partial charge in [0.1, 0.15) is 4.83 Å². The SMILES string of the molecule is O=c1nc2c3ccccc3c(=Cc3ccccc3)n2c2sc3c(c12)CCC3. The first kappa shape index (κ1) is 15.1. The molecule has 0 saturated carbocycles. The summed E-state index contributed by atoms with van der Waals surface area (Å²) in [6.07, 6.45) is 5.42. The number of thiophene rings is 1. The molecule has 0 atom stereocenters. The first-order chi connectivity index (χ1) is 13.3. The molecule has 0 bridgehead atoms. The van der Waals surface area contributed by atoms with Crippen LogP contribution in [0.2, 0.25) is 0 Å². The zero-order valence-corrected chi connectivity index (χ0v) is 15.4. The smallest absolute Gasteiger partial charge is 0.282 e. The Balaban J connectivity index is 1.89. The van der Waals surface area contributed by atoms with Crippen molar-refractivity contribution in [2.75, 3.05) is 0 Å². The van der Waals surface area contributed by atoms with Gasteiger partial charge in [0.15, 0.2) is 5.65 Å². The van der Waals surface area contributed by atoms with Gasteiger partial charge in [0, 0.05) is 15.6 Å². The summed E-state index contributed by atoms with van der Waals surface area (Å²) in [4.78, 5) is 19.8. The molecule has 27 heavy (non-hydrogen) atoms. The summed E-state index contributed by atoms with van der Waals surface area (Å²) >= 11 is 1.77. The fourth-order valence-corrected chi connectivity index (χ4v) is 5.74. The largest absolute Gasteiger partial charge is 0.284 e. The van der Waals surface area contributed by atoms with Gasteiger partial charge in [-0.05, 0) is 36.5 Å². The highest BCUT2D eigenvalue weighted by atomic mass is 32.1. The van der Waals surface area contributed by atoms with Crippen molar-refractivity contribution in [2.24, 2.45) is 0 Å². The Bertz CT molecular complexity index is 1460. The van der Waals surface area contributed by atoms with Gasteiger partial charge in [0.05, 0.1) is 10.7 Å². The van der Waals surface area contributed by atoms with E-state index in [1.807, 2.05) is 30.3 Å². The average Bonchev–Trinajstić information content (AvgIpc) is 3.35. The van der Waals surface area contributed by atoms with Gasteiger partial charge < -0.3 is 0 Å². The first-order valence-electron chi connectivity index (χ1n) is 9.25. The maximum Gasteiger partial charge on any atom is 0.282 e. The van der Waals surface area contributed by atoms with Crippen LogP contribution in [0.1, 0.15) is 22.4 Å². The molecule has 3 heterocycles. The van der Waals surface area contributed by atoms with Crippen LogP contribution in [0.5, 0.6) is 0 Å². The van der Waals surface area contributed by atoms with Crippen molar-refractivity contribution >= 4 is 44.0 Å². The number of benzene rings is 2. The Hall–Kier alpha value is -2.98. The zero-order chi connectivity index (χ0) is 18.0. The summed E-state index contributed by atoms with van der Waals surface area (Å²) in [6, 6.07) is 18.6. The van der Waals surface area contributed by atoms with Crippen molar-refractivity contribution < 1.29 is 0 Å². The number of aryl methyl sites for hydroxylation is 2. The summed E-state index contributed by atoms with van der Waals surface area (Å²) in [5, 5.41) is 4.11. The minimum Gasteiger partial charge on any atom is -0.284 e. The van der Waals surface area contributed by atoms with Gasteiger partial charge in [-0.1, -0.05) is 54.6 Å². The lowest BCUT2D eigenvalue weighted by atomic mass is 10.1. The normalized spacial score (nSPS) is 14.6. The molecule has 0 saturated heterocycles. The van der Waals surface area contributed by atoms with Gasteiger partial charge >= 0.3 is 0 Å². The quantitative estimate of drug-likeness (QED) is 0.446. The van der Waals surface area contributed by atoms with Crippen LogP contribution in [0, 0.1) is 0 Å². The van der Waals surface area contributed by atoms with Crippen LogP contribution in [0.3, 0.4) is 0 Å². The summed E-state index contributed by atoms with van der Waals surface area (Å²) in [7, 11) is 0. The second kappa shape index (κ2) is 5.51. The Morgan fingerprint density at radius 3 is 2.59 bits per heavy atom. The van der Waals surface area contributed by atoms with E-state index in [2.05, 4.69) is 39.7 Å². The molecular weight excluding hydrogens is 352 g/mol. The van der Waals surface area contributed by atoms with Gasteiger partial charge in [-0.25, -0.2) is 0 Å². The molecule has 3 aromatic heterocycles. The lowest BCUT2D eigenvalue weighted by Crippen LogP contribution is -2.16. The van der Waals surface area contributed by atoms with E-state index in [1.165, 1.54) is 10.4 Å². The number of hydrogen-bond donors (Lipinski definition) is 0. The minimum absolute atomic E-state index is 0.0774. The van der Waals surface area contributed by atoms with E-state index in [1.54, 1.807) is 11.3 Å². The molecule has 3 nitrogen and oxygen atoms in total. The number of aromatic nitrogens is 2. The Labute approximate surface area is 159 Å². The van der Waals surface area contributed by atoms with Crippen LogP contribution in [0.25, 0.3) is 32.7 Å². The van der Waals surface area contributed by atoms with Gasteiger partial charge in [0.2, 0.25) is 0 Å². The van der Waals surface area contributed by atoms with Gasteiger partial charge in [-0.2, -0.15) is 4.98 Å². The van der Waals surface area contributed by atoms with Crippen molar-refractivity contribution in [1.29, 1.82) is 0 Å². The molecule has 5 aromatic rings. The van der Waals surface area contributed by atoms with Crippen molar-refractivity contribution in [2.45, 2.75) is 19.3 Å². The molecule has 0 fully saturated rings. The zero-order valence-electron chi connectivity index (χ0n) is 14.6. The number of nitrogens with zero attached hydrogens (tertiary/aromatic N) is 2. The lowest BCUT2D eigenvalue weighted by Gasteiger charge is -1.99. The molecule has 0 spiro atoms. The topological polar surface area (TPSA) is 34.4 Å². The molecule has 4 heteroatoms. The molecule has 0 radical (unpaired) electrons. The Morgan fingerprint density at radius 2 is 1.74 bits per heavy atom. The lowest BCUT2D eigenvalue weighted by molar-refractivity contribution is 0.916. The number of rotatable bonds is 1. The van der Waals surface area contributed by atoms with E-state index >= 15 is 0 Å². The van der Waals surface area contributed by atoms with E-state index in [0.29, 0.717) is 0 Å². The van der Waals surface area contributed by atoms with Crippen LogP contribution in [-0.4, -0.2) is 9.38 Å². The molecule has 6 rings (SSSR count). The standard InChI is InChI=1S/C23H16N2OS/c26-22-20-17-11-6-12-19(17)27-23(20)25-18(13-14-7-2-1-3-8-14)15-9-4-5-10-16(15)21(25)24-22/h1-5,7-10,13H,6,11-12H2. The molecule has 1 aliphatic carbocycles. The van der Waals surface area contributed by atoms with Crippen molar-refractivity contribution in [3.8, 4) is 0 Å². The highest BCUT2D eigenvalue weighted by molar-refractivity contribution is 7.19. The summed E-state index contributed by atoms with van der Waals surface area (Å²) in [5.74, 6) is 0. The van der Waals surface area contributed by atoms with E-state index in [0.717, 1.165) is 56.8 Å². The van der Waals surface area contributed by atoms with Crippen LogP contribution >= 0.6 is 11.3 Å². The van der Waals surface area contributed by atoms with Crippen molar-refractivity contribution in [3.05, 3.63) is 86.3 Å². The molecule has 130 valence electrons. The second-order valence-electron chi connectivity index (χ2n) is 7.10. The van der Waals surface area contributed by atoms with Crippen molar-refractivity contribution in [3.63, 3.8) is 0 Å². The predicted octanol–water partition coefficient (Wildman–Crippen LogP) is 4.10. The molecule has 0 unspecified atom stereocenters. The third kappa shape index (κ3) is 2.07. The Kier molecular flexibility index (Phi) is 3.08. The van der Waals surface area contributed by atoms with Crippen LogP contribution in [0.15, 0.2) is 59.4 Å². The van der Waals surface area contributed by atoms with Crippen LogP contribution < -0.4 is 10.9 Å². The summed E-state index contributed by atoms with van der Waals surface area (Å²) in [6.45, 7) is 0. The molecule has 2 aromatic carbocycles. The van der Waals surface area contributed by atoms with Gasteiger partial charge in [0.25, 0.3) is 5.56 Å². The number of fused-ring (bicyclic) bond motifs is 7. The Morgan fingerprint density at radius 1 is 0.963 bits per heavy atom. The number of hydrogen-bond acceptors (Lipinski definition) is 3. The first-order valence-corrected chi connectivity index (χ1v) is 10.1. The minimum atomic E-state index is -0.0774. The highest BCUT2D eigenvalue weighted by Gasteiger charge is 2.23. The van der Waals surface area contributed by atoms with Crippen LogP contribution in [-0.2, 0) is 12.8 Å². The predicted molar refractivity (Wildman–Crippen MR) is 112 cm³/mol. The molecule has 0 aliphatic heterocycles. The maximum atomic E-state index is 12.9. The second-order valence-corrected chi connectivity index (χ2v) is 8.18. The third-order valence-corrected chi connectivity index (χ3v) is 6.80. The average molecular weight is 368 g/mol. The highest BCUT2D eigenvalue weighted by Crippen LogP contribution is 2.36. The third-order valence-electron chi connectivity index (χ3n) is 5.53. The molecule has 0 N–H and O–H groups in total. The van der Waals surface area contributed by atoms with Crippen LogP contribution in [0.4, 0.5) is 0 Å². The fraction of sp³-hybridized carbons (Fsp3) is 0.130. The van der Waals surface area contributed by atoms with E-state index in [-0.39, 0.29) is 5.56 Å². The maximum absolute atomic E-state index is 12.9.